The molecule has 2 aliphatic heterocycles. The summed E-state index contributed by atoms with van der Waals surface area (Å²) >= 11 is 0. The summed E-state index contributed by atoms with van der Waals surface area (Å²) in [5.74, 6) is -0.245. The summed E-state index contributed by atoms with van der Waals surface area (Å²) in [7, 11) is 0. The topological polar surface area (TPSA) is 43.8 Å². The first-order valence-corrected chi connectivity index (χ1v) is 8.57. The van der Waals surface area contributed by atoms with Gasteiger partial charge < -0.3 is 10.0 Å². The minimum absolute atomic E-state index is 0.0688. The second-order valence-corrected chi connectivity index (χ2v) is 6.75. The van der Waals surface area contributed by atoms with Gasteiger partial charge in [-0.1, -0.05) is 6.07 Å². The van der Waals surface area contributed by atoms with E-state index in [-0.39, 0.29) is 29.9 Å². The van der Waals surface area contributed by atoms with Gasteiger partial charge in [0.1, 0.15) is 5.82 Å². The van der Waals surface area contributed by atoms with Crippen molar-refractivity contribution in [2.24, 2.45) is 0 Å². The fraction of sp³-hybridized carbons (Fsp3) is 0.611. The third-order valence-corrected chi connectivity index (χ3v) is 4.97. The Kier molecular flexibility index (Phi) is 4.97. The van der Waals surface area contributed by atoms with Crippen molar-refractivity contribution in [1.29, 1.82) is 0 Å². The molecule has 3 rings (SSSR count). The monoisotopic (exact) mass is 320 g/mol. The third kappa shape index (κ3) is 3.56. The van der Waals surface area contributed by atoms with Crippen molar-refractivity contribution in [2.75, 3.05) is 18.0 Å². The molecule has 1 N–H and O–H groups in total. The summed E-state index contributed by atoms with van der Waals surface area (Å²) in [6.07, 6.45) is 4.24. The Labute approximate surface area is 136 Å². The Morgan fingerprint density at radius 1 is 1.30 bits per heavy atom. The van der Waals surface area contributed by atoms with Gasteiger partial charge >= 0.3 is 0 Å². The van der Waals surface area contributed by atoms with E-state index in [2.05, 4.69) is 4.90 Å². The van der Waals surface area contributed by atoms with Crippen molar-refractivity contribution in [3.05, 3.63) is 30.1 Å². The molecule has 0 radical (unpaired) electrons. The summed E-state index contributed by atoms with van der Waals surface area (Å²) in [5, 5.41) is 9.69. The molecule has 0 saturated carbocycles. The van der Waals surface area contributed by atoms with E-state index in [0.29, 0.717) is 18.7 Å². The van der Waals surface area contributed by atoms with E-state index in [0.717, 1.165) is 32.2 Å². The number of aliphatic hydroxyl groups excluding tert-OH is 1. The molecule has 0 aliphatic carbocycles. The highest BCUT2D eigenvalue weighted by Crippen LogP contribution is 2.30. The number of likely N-dealkylation sites (tertiary alicyclic amines) is 1. The molecule has 0 spiro atoms. The molecule has 3 unspecified atom stereocenters. The molecule has 1 aromatic carbocycles. The number of carbonyl (C=O) groups is 1. The van der Waals surface area contributed by atoms with Gasteiger partial charge in [-0.15, -0.1) is 0 Å². The molecule has 2 fully saturated rings. The van der Waals surface area contributed by atoms with E-state index >= 15 is 0 Å². The molecule has 2 aliphatic rings. The van der Waals surface area contributed by atoms with Gasteiger partial charge in [0.25, 0.3) is 0 Å². The molecule has 2 heterocycles. The van der Waals surface area contributed by atoms with Crippen molar-refractivity contribution in [3.8, 4) is 0 Å². The van der Waals surface area contributed by atoms with Crippen LogP contribution in [0.15, 0.2) is 24.3 Å². The van der Waals surface area contributed by atoms with Gasteiger partial charge in [0.2, 0.25) is 5.91 Å². The molecule has 4 nitrogen and oxygen atoms in total. The Morgan fingerprint density at radius 3 is 2.83 bits per heavy atom. The summed E-state index contributed by atoms with van der Waals surface area (Å²) in [6.45, 7) is 3.36. The van der Waals surface area contributed by atoms with Crippen molar-refractivity contribution >= 4 is 11.6 Å². The first kappa shape index (κ1) is 16.4. The Hall–Kier alpha value is -1.46. The molecule has 3 atom stereocenters. The van der Waals surface area contributed by atoms with Crippen LogP contribution in [0.2, 0.25) is 0 Å². The Balaban J connectivity index is 1.77. The van der Waals surface area contributed by atoms with Crippen LogP contribution in [-0.2, 0) is 4.79 Å². The fourth-order valence-corrected chi connectivity index (χ4v) is 3.98. The molecule has 0 aromatic heterocycles. The quantitative estimate of drug-likeness (QED) is 0.927. The maximum absolute atomic E-state index is 13.5. The molecule has 2 saturated heterocycles. The van der Waals surface area contributed by atoms with Gasteiger partial charge in [-0.05, 0) is 63.8 Å². The molecule has 1 amide bonds. The zero-order valence-corrected chi connectivity index (χ0v) is 13.6. The molecule has 1 aromatic rings. The number of carbonyl (C=O) groups excluding carboxylic acids is 1. The largest absolute Gasteiger partial charge is 0.393 e. The predicted octanol–water partition coefficient (Wildman–Crippen LogP) is 2.56. The lowest BCUT2D eigenvalue weighted by Crippen LogP contribution is -2.54. The normalized spacial score (nSPS) is 27.4. The van der Waals surface area contributed by atoms with Crippen LogP contribution in [0.4, 0.5) is 10.1 Å². The van der Waals surface area contributed by atoms with Gasteiger partial charge in [-0.3, -0.25) is 9.69 Å². The Morgan fingerprint density at radius 2 is 2.09 bits per heavy atom. The predicted molar refractivity (Wildman–Crippen MR) is 87.8 cm³/mol. The maximum Gasteiger partial charge on any atom is 0.244 e. The first-order valence-electron chi connectivity index (χ1n) is 8.57. The molecular formula is C18H25FN2O2. The number of hydrogen-bond acceptors (Lipinski definition) is 3. The highest BCUT2D eigenvalue weighted by Gasteiger charge is 2.39. The van der Waals surface area contributed by atoms with E-state index < -0.39 is 0 Å². The van der Waals surface area contributed by atoms with Crippen LogP contribution in [0.3, 0.4) is 0 Å². The zero-order valence-electron chi connectivity index (χ0n) is 13.6. The van der Waals surface area contributed by atoms with Crippen LogP contribution in [0, 0.1) is 5.82 Å². The van der Waals surface area contributed by atoms with Crippen molar-refractivity contribution in [1.82, 2.24) is 4.90 Å². The van der Waals surface area contributed by atoms with Crippen molar-refractivity contribution in [3.63, 3.8) is 0 Å². The molecule has 5 heteroatoms. The van der Waals surface area contributed by atoms with Gasteiger partial charge in [-0.25, -0.2) is 4.39 Å². The number of halogens is 1. The van der Waals surface area contributed by atoms with E-state index in [1.807, 2.05) is 0 Å². The number of aliphatic hydroxyl groups is 1. The van der Waals surface area contributed by atoms with Crippen LogP contribution in [0.5, 0.6) is 0 Å². The smallest absolute Gasteiger partial charge is 0.244 e. The number of amides is 1. The molecule has 0 bridgehead atoms. The average Bonchev–Trinajstić information content (AvgIpc) is 2.94. The third-order valence-electron chi connectivity index (χ3n) is 4.97. The lowest BCUT2D eigenvalue weighted by atomic mass is 9.99. The van der Waals surface area contributed by atoms with E-state index in [1.165, 1.54) is 12.1 Å². The number of anilines is 1. The van der Waals surface area contributed by atoms with Gasteiger partial charge in [-0.2, -0.15) is 0 Å². The van der Waals surface area contributed by atoms with Gasteiger partial charge in [0.15, 0.2) is 0 Å². The Bertz CT molecular complexity index is 564. The lowest BCUT2D eigenvalue weighted by molar-refractivity contribution is -0.126. The van der Waals surface area contributed by atoms with Crippen LogP contribution < -0.4 is 4.90 Å². The molecule has 126 valence electrons. The van der Waals surface area contributed by atoms with Gasteiger partial charge in [0, 0.05) is 18.3 Å². The van der Waals surface area contributed by atoms with Crippen LogP contribution >= 0.6 is 0 Å². The van der Waals surface area contributed by atoms with Crippen LogP contribution in [-0.4, -0.2) is 47.2 Å². The minimum atomic E-state index is -0.349. The molecular weight excluding hydrogens is 295 g/mol. The van der Waals surface area contributed by atoms with Crippen LogP contribution in [0.25, 0.3) is 0 Å². The van der Waals surface area contributed by atoms with Gasteiger partial charge in [0.05, 0.1) is 12.1 Å². The fourth-order valence-electron chi connectivity index (χ4n) is 3.98. The highest BCUT2D eigenvalue weighted by molar-refractivity contribution is 5.98. The zero-order chi connectivity index (χ0) is 16.4. The van der Waals surface area contributed by atoms with Crippen molar-refractivity contribution in [2.45, 2.75) is 57.2 Å². The summed E-state index contributed by atoms with van der Waals surface area (Å²) in [6, 6.07) is 6.40. The lowest BCUT2D eigenvalue weighted by Gasteiger charge is -2.39. The average molecular weight is 320 g/mol. The number of piperidine rings is 1. The second kappa shape index (κ2) is 6.97. The van der Waals surface area contributed by atoms with E-state index in [4.69, 9.17) is 0 Å². The maximum atomic E-state index is 13.5. The number of benzene rings is 1. The molecule has 23 heavy (non-hydrogen) atoms. The van der Waals surface area contributed by atoms with E-state index in [1.54, 1.807) is 24.0 Å². The van der Waals surface area contributed by atoms with E-state index in [9.17, 15) is 14.3 Å². The SMILES string of the molecule is CC(O)CC1CCCN1C1CCCN(c2cccc(F)c2)C1=O. The van der Waals surface area contributed by atoms with Crippen LogP contribution in [0.1, 0.15) is 39.0 Å². The standard InChI is InChI=1S/C18H25FN2O2/c1-13(22)11-15-7-3-9-20(15)17-8-4-10-21(18(17)23)16-6-2-5-14(19)12-16/h2,5-6,12-13,15,17,22H,3-4,7-11H2,1H3. The summed E-state index contributed by atoms with van der Waals surface area (Å²) < 4.78 is 13.5. The minimum Gasteiger partial charge on any atom is -0.393 e. The summed E-state index contributed by atoms with van der Waals surface area (Å²) in [5.41, 5.74) is 0.644. The number of nitrogens with zero attached hydrogens (tertiary/aromatic N) is 2. The highest BCUT2D eigenvalue weighted by atomic mass is 19.1. The number of hydrogen-bond donors (Lipinski definition) is 1. The first-order chi connectivity index (χ1) is 11.1. The second-order valence-electron chi connectivity index (χ2n) is 6.75. The summed E-state index contributed by atoms with van der Waals surface area (Å²) in [4.78, 5) is 16.9. The number of rotatable bonds is 4. The van der Waals surface area contributed by atoms with Crippen molar-refractivity contribution < 1.29 is 14.3 Å².